The third kappa shape index (κ3) is 3.44. The number of carboxylic acid groups (broad SMARTS) is 1. The van der Waals surface area contributed by atoms with Crippen molar-refractivity contribution in [1.82, 2.24) is 14.8 Å². The van der Waals surface area contributed by atoms with Gasteiger partial charge in [0.1, 0.15) is 0 Å². The van der Waals surface area contributed by atoms with Crippen LogP contribution in [-0.2, 0) is 10.2 Å². The molecule has 1 aliphatic rings. The number of aliphatic carboxylic acids is 1. The minimum atomic E-state index is -1.78. The summed E-state index contributed by atoms with van der Waals surface area (Å²) in [6.45, 7) is 3.92. The average molecular weight is 477 g/mol. The number of aromatic amines is 1. The van der Waals surface area contributed by atoms with Crippen molar-refractivity contribution in [2.45, 2.75) is 50.0 Å². The van der Waals surface area contributed by atoms with Gasteiger partial charge in [0.15, 0.2) is 17.2 Å². The zero-order valence-electron chi connectivity index (χ0n) is 19.6. The number of hydrogen-bond donors (Lipinski definition) is 3. The van der Waals surface area contributed by atoms with Crippen LogP contribution in [0.2, 0.25) is 0 Å². The maximum atomic E-state index is 14.3. The van der Waals surface area contributed by atoms with E-state index in [1.807, 2.05) is 30.5 Å². The van der Waals surface area contributed by atoms with E-state index in [0.717, 1.165) is 33.1 Å². The largest absolute Gasteiger partial charge is 0.494 e. The summed E-state index contributed by atoms with van der Waals surface area (Å²) in [6.07, 6.45) is 2.03. The monoisotopic (exact) mass is 476 g/mol. The second-order valence-electron chi connectivity index (χ2n) is 9.90. The van der Waals surface area contributed by atoms with Crippen LogP contribution in [0.25, 0.3) is 27.5 Å². The summed E-state index contributed by atoms with van der Waals surface area (Å²) in [5.41, 5.74) is 1.54. The summed E-state index contributed by atoms with van der Waals surface area (Å²) in [4.78, 5) is 11.6. The summed E-state index contributed by atoms with van der Waals surface area (Å²) in [6, 6.07) is 10.8. The molecule has 2 heterocycles. The molecule has 8 nitrogen and oxygen atoms in total. The number of nitriles is 1. The molecule has 0 unspecified atom stereocenters. The molecule has 3 N–H and O–H groups in total. The van der Waals surface area contributed by atoms with Crippen LogP contribution in [-0.4, -0.2) is 43.7 Å². The van der Waals surface area contributed by atoms with E-state index in [0.29, 0.717) is 5.69 Å². The molecular formula is C26H25FN4O4. The highest BCUT2D eigenvalue weighted by Gasteiger charge is 2.51. The predicted octanol–water partition coefficient (Wildman–Crippen LogP) is 4.54. The third-order valence-electron chi connectivity index (χ3n) is 7.10. The van der Waals surface area contributed by atoms with E-state index < -0.39 is 22.8 Å². The lowest BCUT2D eigenvalue weighted by Crippen LogP contribution is -2.49. The van der Waals surface area contributed by atoms with E-state index in [2.05, 4.69) is 16.3 Å². The highest BCUT2D eigenvalue weighted by Crippen LogP contribution is 2.52. The number of aromatic nitrogens is 3. The van der Waals surface area contributed by atoms with Crippen LogP contribution < -0.4 is 4.74 Å². The van der Waals surface area contributed by atoms with Gasteiger partial charge in [-0.25, -0.2) is 9.18 Å². The normalized spacial score (nSPS) is 20.1. The molecule has 0 amide bonds. The van der Waals surface area contributed by atoms with Crippen molar-refractivity contribution in [3.05, 3.63) is 53.6 Å². The third-order valence-corrected chi connectivity index (χ3v) is 7.10. The van der Waals surface area contributed by atoms with Crippen molar-refractivity contribution in [3.63, 3.8) is 0 Å². The van der Waals surface area contributed by atoms with Gasteiger partial charge in [-0.15, -0.1) is 0 Å². The molecule has 2 aromatic heterocycles. The van der Waals surface area contributed by atoms with Crippen LogP contribution in [0.3, 0.4) is 0 Å². The Morgan fingerprint density at radius 1 is 1.37 bits per heavy atom. The number of methoxy groups -OCH3 is 1. The van der Waals surface area contributed by atoms with Crippen molar-refractivity contribution in [1.29, 1.82) is 5.26 Å². The van der Waals surface area contributed by atoms with Crippen LogP contribution >= 0.6 is 0 Å². The van der Waals surface area contributed by atoms with Gasteiger partial charge in [0.25, 0.3) is 0 Å². The molecule has 0 spiro atoms. The molecule has 0 saturated heterocycles. The summed E-state index contributed by atoms with van der Waals surface area (Å²) < 4.78 is 21.5. The number of nitrogens with zero attached hydrogens (tertiary/aromatic N) is 3. The molecule has 1 fully saturated rings. The zero-order chi connectivity index (χ0) is 25.1. The SMILES string of the molecule is COc1cc(-n2c(C(C)(C)CC#N)c([C@H]3C[C@](O)(C(=O)O)C3)c3cc4[nH]ncc4cc32)ccc1F. The smallest absolute Gasteiger partial charge is 0.335 e. The number of rotatable bonds is 6. The minimum Gasteiger partial charge on any atom is -0.494 e. The van der Waals surface area contributed by atoms with Crippen molar-refractivity contribution in [2.75, 3.05) is 7.11 Å². The fourth-order valence-corrected chi connectivity index (χ4v) is 5.30. The highest BCUT2D eigenvalue weighted by molar-refractivity contribution is 5.99. The number of benzene rings is 2. The van der Waals surface area contributed by atoms with Gasteiger partial charge in [0, 0.05) is 40.1 Å². The zero-order valence-corrected chi connectivity index (χ0v) is 19.6. The number of halogens is 1. The molecule has 4 aromatic rings. The van der Waals surface area contributed by atoms with Gasteiger partial charge in [-0.2, -0.15) is 10.4 Å². The Hall–Kier alpha value is -3.90. The van der Waals surface area contributed by atoms with E-state index in [9.17, 15) is 24.7 Å². The fraction of sp³-hybridized carbons (Fsp3) is 0.346. The maximum Gasteiger partial charge on any atom is 0.335 e. The average Bonchev–Trinajstić information content (AvgIpc) is 3.37. The quantitative estimate of drug-likeness (QED) is 0.375. The lowest BCUT2D eigenvalue weighted by Gasteiger charge is -2.42. The number of fused-ring (bicyclic) bond motifs is 2. The van der Waals surface area contributed by atoms with E-state index in [-0.39, 0.29) is 30.9 Å². The molecule has 2 aromatic carbocycles. The van der Waals surface area contributed by atoms with Gasteiger partial charge >= 0.3 is 5.97 Å². The fourth-order valence-electron chi connectivity index (χ4n) is 5.30. The first kappa shape index (κ1) is 22.9. The summed E-state index contributed by atoms with van der Waals surface area (Å²) >= 11 is 0. The topological polar surface area (TPSA) is 124 Å². The molecule has 0 bridgehead atoms. The van der Waals surface area contributed by atoms with Crippen LogP contribution in [0.5, 0.6) is 5.75 Å². The van der Waals surface area contributed by atoms with Crippen molar-refractivity contribution >= 4 is 27.8 Å². The van der Waals surface area contributed by atoms with Gasteiger partial charge in [0.05, 0.1) is 30.4 Å². The molecule has 35 heavy (non-hydrogen) atoms. The second-order valence-corrected chi connectivity index (χ2v) is 9.90. The Morgan fingerprint density at radius 2 is 2.11 bits per heavy atom. The standard InChI is InChI=1S/C26H25FN4O4/c1-25(2,6-7-28)23-22(15-11-26(34,12-15)24(32)33)17-10-19-14(13-29-30-19)8-20(17)31(23)16-4-5-18(27)21(9-16)35-3/h4-5,8-10,13,15,34H,6,11-12H2,1-3H3,(H,29,30)(H,32,33)/t15-,26+. The van der Waals surface area contributed by atoms with E-state index >= 15 is 0 Å². The Morgan fingerprint density at radius 3 is 2.77 bits per heavy atom. The summed E-state index contributed by atoms with van der Waals surface area (Å²) in [7, 11) is 1.40. The first-order chi connectivity index (χ1) is 16.6. The number of carboxylic acids is 1. The molecule has 180 valence electrons. The second kappa shape index (κ2) is 7.82. The highest BCUT2D eigenvalue weighted by atomic mass is 19.1. The van der Waals surface area contributed by atoms with Crippen LogP contribution in [0.1, 0.15) is 50.3 Å². The van der Waals surface area contributed by atoms with E-state index in [4.69, 9.17) is 4.74 Å². The minimum absolute atomic E-state index is 0.0603. The molecule has 9 heteroatoms. The Balaban J connectivity index is 1.87. The Labute approximate surface area is 200 Å². The number of nitrogens with one attached hydrogen (secondary N) is 1. The van der Waals surface area contributed by atoms with Crippen molar-refractivity contribution in [2.24, 2.45) is 0 Å². The predicted molar refractivity (Wildman–Crippen MR) is 127 cm³/mol. The number of hydrogen-bond acceptors (Lipinski definition) is 5. The van der Waals surface area contributed by atoms with Gasteiger partial charge < -0.3 is 19.5 Å². The molecule has 1 aliphatic carbocycles. The van der Waals surface area contributed by atoms with Crippen LogP contribution in [0.15, 0.2) is 36.5 Å². The van der Waals surface area contributed by atoms with Crippen LogP contribution in [0, 0.1) is 17.1 Å². The lowest BCUT2D eigenvalue weighted by atomic mass is 9.65. The number of ether oxygens (including phenoxy) is 1. The summed E-state index contributed by atoms with van der Waals surface area (Å²) in [5.74, 6) is -1.89. The molecular weight excluding hydrogens is 451 g/mol. The Kier molecular flexibility index (Phi) is 5.11. The maximum absolute atomic E-state index is 14.3. The van der Waals surface area contributed by atoms with Gasteiger partial charge in [-0.3, -0.25) is 5.10 Å². The Bertz CT molecular complexity index is 1520. The molecule has 0 atom stereocenters. The lowest BCUT2D eigenvalue weighted by molar-refractivity contribution is -0.169. The summed E-state index contributed by atoms with van der Waals surface area (Å²) in [5, 5.41) is 38.5. The van der Waals surface area contributed by atoms with Gasteiger partial charge in [0.2, 0.25) is 0 Å². The van der Waals surface area contributed by atoms with Crippen LogP contribution in [0.4, 0.5) is 4.39 Å². The first-order valence-electron chi connectivity index (χ1n) is 11.3. The molecule has 1 saturated carbocycles. The number of aliphatic hydroxyl groups is 1. The molecule has 0 aliphatic heterocycles. The van der Waals surface area contributed by atoms with Gasteiger partial charge in [-0.05, 0) is 48.6 Å². The van der Waals surface area contributed by atoms with Gasteiger partial charge in [-0.1, -0.05) is 13.8 Å². The first-order valence-corrected chi connectivity index (χ1v) is 11.3. The van der Waals surface area contributed by atoms with E-state index in [1.54, 1.807) is 18.3 Å². The number of H-pyrrole nitrogens is 1. The van der Waals surface area contributed by atoms with Crippen molar-refractivity contribution in [3.8, 4) is 17.5 Å². The molecule has 5 rings (SSSR count). The number of carbonyl (C=O) groups is 1. The molecule has 0 radical (unpaired) electrons. The van der Waals surface area contributed by atoms with Crippen molar-refractivity contribution < 1.29 is 24.1 Å². The van der Waals surface area contributed by atoms with E-state index in [1.165, 1.54) is 13.2 Å².